The third-order valence-electron chi connectivity index (χ3n) is 13.0. The molecule has 79 heavy (non-hydrogen) atoms. The Kier molecular flexibility index (Phi) is 61.4. The van der Waals surface area contributed by atoms with Gasteiger partial charge in [-0.05, 0) is 148 Å². The van der Waals surface area contributed by atoms with Gasteiger partial charge in [-0.2, -0.15) is 0 Å². The zero-order valence-electron chi connectivity index (χ0n) is 50.8. The van der Waals surface area contributed by atoms with Crippen molar-refractivity contribution in [2.75, 3.05) is 13.2 Å². The molecule has 6 heteroatoms. The zero-order valence-corrected chi connectivity index (χ0v) is 50.8. The van der Waals surface area contributed by atoms with E-state index in [0.29, 0.717) is 19.3 Å². The van der Waals surface area contributed by atoms with Crippen LogP contribution in [0.15, 0.2) is 158 Å². The normalized spacial score (nSPS) is 13.2. The topological polar surface area (TPSA) is 78.9 Å². The van der Waals surface area contributed by atoms with Gasteiger partial charge in [0.15, 0.2) is 6.10 Å². The van der Waals surface area contributed by atoms with E-state index in [4.69, 9.17) is 14.2 Å². The van der Waals surface area contributed by atoms with E-state index in [9.17, 15) is 14.4 Å². The summed E-state index contributed by atoms with van der Waals surface area (Å²) in [5, 5.41) is 0. The van der Waals surface area contributed by atoms with Gasteiger partial charge in [-0.25, -0.2) is 0 Å². The molecule has 0 heterocycles. The molecule has 0 aromatic carbocycles. The minimum absolute atomic E-state index is 0.115. The van der Waals surface area contributed by atoms with E-state index >= 15 is 0 Å². The Hall–Kier alpha value is -4.97. The molecule has 0 fully saturated rings. The van der Waals surface area contributed by atoms with Gasteiger partial charge in [0, 0.05) is 19.3 Å². The van der Waals surface area contributed by atoms with Crippen LogP contribution in [0, 0.1) is 0 Å². The largest absolute Gasteiger partial charge is 0.462 e. The lowest BCUT2D eigenvalue weighted by Crippen LogP contribution is -2.30. The molecule has 0 bridgehead atoms. The highest BCUT2D eigenvalue weighted by Gasteiger charge is 2.19. The second-order valence-corrected chi connectivity index (χ2v) is 20.5. The highest BCUT2D eigenvalue weighted by Crippen LogP contribution is 2.14. The average molecular weight is 1090 g/mol. The molecule has 0 N–H and O–H groups in total. The van der Waals surface area contributed by atoms with Crippen LogP contribution in [-0.2, 0) is 28.6 Å². The second-order valence-electron chi connectivity index (χ2n) is 20.5. The second kappa shape index (κ2) is 65.5. The van der Waals surface area contributed by atoms with Crippen molar-refractivity contribution < 1.29 is 28.6 Å². The van der Waals surface area contributed by atoms with Gasteiger partial charge in [0.05, 0.1) is 0 Å². The Bertz CT molecular complexity index is 1780. The van der Waals surface area contributed by atoms with Crippen LogP contribution in [0.1, 0.15) is 265 Å². The van der Waals surface area contributed by atoms with Crippen LogP contribution in [0.25, 0.3) is 0 Å². The van der Waals surface area contributed by atoms with E-state index in [1.165, 1.54) is 70.6 Å². The Morgan fingerprint density at radius 1 is 0.266 bits per heavy atom. The van der Waals surface area contributed by atoms with E-state index in [-0.39, 0.29) is 37.5 Å². The van der Waals surface area contributed by atoms with Crippen LogP contribution >= 0.6 is 0 Å². The molecule has 0 spiro atoms. The highest BCUT2D eigenvalue weighted by atomic mass is 16.6. The summed E-state index contributed by atoms with van der Waals surface area (Å²) in [5.41, 5.74) is 0. The number of unbranched alkanes of at least 4 members (excludes halogenated alkanes) is 19. The third kappa shape index (κ3) is 63.7. The highest BCUT2D eigenvalue weighted by molar-refractivity contribution is 5.71. The van der Waals surface area contributed by atoms with Crippen LogP contribution in [0.3, 0.4) is 0 Å². The molecule has 0 aromatic heterocycles. The van der Waals surface area contributed by atoms with Crippen molar-refractivity contribution in [2.24, 2.45) is 0 Å². The van der Waals surface area contributed by atoms with Crippen molar-refractivity contribution in [3.63, 3.8) is 0 Å². The monoisotopic (exact) mass is 1090 g/mol. The summed E-state index contributed by atoms with van der Waals surface area (Å²) in [5.74, 6) is -0.992. The molecule has 0 aliphatic rings. The first kappa shape index (κ1) is 74.0. The lowest BCUT2D eigenvalue weighted by atomic mass is 10.1. The van der Waals surface area contributed by atoms with Crippen molar-refractivity contribution in [1.29, 1.82) is 0 Å². The predicted octanol–water partition coefficient (Wildman–Crippen LogP) is 22.1. The Balaban J connectivity index is 4.54. The zero-order chi connectivity index (χ0) is 57.1. The molecule has 0 aliphatic heterocycles. The predicted molar refractivity (Wildman–Crippen MR) is 343 cm³/mol. The third-order valence-corrected chi connectivity index (χ3v) is 13.0. The van der Waals surface area contributed by atoms with E-state index < -0.39 is 6.10 Å². The molecule has 1 unspecified atom stereocenters. The summed E-state index contributed by atoms with van der Waals surface area (Å²) >= 11 is 0. The first-order valence-corrected chi connectivity index (χ1v) is 32.0. The molecule has 0 saturated heterocycles. The van der Waals surface area contributed by atoms with Gasteiger partial charge in [-0.15, -0.1) is 0 Å². The van der Waals surface area contributed by atoms with E-state index in [2.05, 4.69) is 179 Å². The molecule has 0 rings (SSSR count). The number of rotatable bonds is 56. The number of esters is 3. The van der Waals surface area contributed by atoms with Crippen LogP contribution < -0.4 is 0 Å². The first-order valence-electron chi connectivity index (χ1n) is 32.0. The fourth-order valence-electron chi connectivity index (χ4n) is 8.27. The summed E-state index contributed by atoms with van der Waals surface area (Å²) in [4.78, 5) is 38.3. The van der Waals surface area contributed by atoms with Crippen LogP contribution in [0.4, 0.5) is 0 Å². The van der Waals surface area contributed by atoms with Gasteiger partial charge < -0.3 is 14.2 Å². The number of ether oxygens (including phenoxy) is 3. The molecular weight excluding hydrogens is 973 g/mol. The number of carbonyl (C=O) groups is 3. The number of carbonyl (C=O) groups excluding carboxylic acids is 3. The summed E-state index contributed by atoms with van der Waals surface area (Å²) in [7, 11) is 0. The van der Waals surface area contributed by atoms with Gasteiger partial charge >= 0.3 is 17.9 Å². The molecule has 1 atom stereocenters. The number of allylic oxidation sites excluding steroid dienone is 26. The number of hydrogen-bond donors (Lipinski definition) is 0. The van der Waals surface area contributed by atoms with Gasteiger partial charge in [0.2, 0.25) is 0 Å². The van der Waals surface area contributed by atoms with Crippen LogP contribution in [0.2, 0.25) is 0 Å². The lowest BCUT2D eigenvalue weighted by Gasteiger charge is -2.18. The van der Waals surface area contributed by atoms with E-state index in [1.807, 2.05) is 0 Å². The van der Waals surface area contributed by atoms with E-state index in [0.717, 1.165) is 148 Å². The quantitative estimate of drug-likeness (QED) is 0.0261. The van der Waals surface area contributed by atoms with Crippen molar-refractivity contribution in [3.8, 4) is 0 Å². The van der Waals surface area contributed by atoms with Crippen molar-refractivity contribution in [3.05, 3.63) is 158 Å². The Labute approximate surface area is 486 Å². The van der Waals surface area contributed by atoms with Gasteiger partial charge in [-0.3, -0.25) is 14.4 Å². The fraction of sp³-hybridized carbons (Fsp3) is 0.603. The van der Waals surface area contributed by atoms with Crippen molar-refractivity contribution >= 4 is 17.9 Å². The fourth-order valence-corrected chi connectivity index (χ4v) is 8.27. The summed E-state index contributed by atoms with van der Waals surface area (Å²) < 4.78 is 16.9. The van der Waals surface area contributed by atoms with Crippen molar-refractivity contribution in [1.82, 2.24) is 0 Å². The van der Waals surface area contributed by atoms with Gasteiger partial charge in [-0.1, -0.05) is 256 Å². The molecule has 0 saturated carbocycles. The minimum Gasteiger partial charge on any atom is -0.462 e. The lowest BCUT2D eigenvalue weighted by molar-refractivity contribution is -0.167. The Morgan fingerprint density at radius 2 is 0.494 bits per heavy atom. The van der Waals surface area contributed by atoms with E-state index in [1.54, 1.807) is 0 Å². The maximum absolute atomic E-state index is 12.9. The minimum atomic E-state index is -0.825. The molecule has 0 aliphatic carbocycles. The SMILES string of the molecule is CC/C=C\C/C=C\C/C=C\C/C=C\C/C=C\C/C=C\CCCCC(=O)OC(COC(=O)CCCCCC/C=C\C/C=C\C/C=C\C/C=C\CC)COC(=O)CCCCCCCCCC/C=C\C/C=C\C/C=C\CCCCCCC. The maximum atomic E-state index is 12.9. The standard InChI is InChI=1S/C73H116O6/c1-4-7-10-13-16-19-22-25-28-31-33-35-36-38-39-42-45-48-51-54-57-60-63-66-72(75)78-69-70(68-77-71(74)65-62-59-56-53-50-47-44-41-30-27-24-21-18-15-12-9-6-3)79-73(76)67-64-61-58-55-52-49-46-43-40-37-34-32-29-26-23-20-17-14-11-8-5-2/h8-9,11-12,17-18,20-22,25-27,29-31,33-34,36-38,43-44,46-47,52,55,70H,4-7,10,13-16,19,23-24,28,32,35,39-42,45,48-51,53-54,56-69H2,1-3H3/b11-8-,12-9-,20-17-,21-18-,25-22-,29-26-,30-27-,33-31-,37-34-,38-36-,46-43-,47-44-,55-52-. The summed E-state index contributed by atoms with van der Waals surface area (Å²) in [6, 6.07) is 0. The van der Waals surface area contributed by atoms with Gasteiger partial charge in [0.25, 0.3) is 0 Å². The molecule has 0 amide bonds. The van der Waals surface area contributed by atoms with Crippen LogP contribution in [0.5, 0.6) is 0 Å². The molecule has 0 radical (unpaired) electrons. The summed E-state index contributed by atoms with van der Waals surface area (Å²) in [6.07, 6.45) is 95.3. The molecule has 6 nitrogen and oxygen atoms in total. The summed E-state index contributed by atoms with van der Waals surface area (Å²) in [6.45, 7) is 6.34. The van der Waals surface area contributed by atoms with Crippen LogP contribution in [-0.4, -0.2) is 37.2 Å². The molecule has 0 aromatic rings. The smallest absolute Gasteiger partial charge is 0.306 e. The molecular formula is C73H116O6. The Morgan fingerprint density at radius 3 is 0.797 bits per heavy atom. The van der Waals surface area contributed by atoms with Gasteiger partial charge in [0.1, 0.15) is 13.2 Å². The number of hydrogen-bond acceptors (Lipinski definition) is 6. The average Bonchev–Trinajstić information content (AvgIpc) is 3.45. The van der Waals surface area contributed by atoms with Crippen molar-refractivity contribution in [2.45, 2.75) is 271 Å². The molecule has 444 valence electrons. The first-order chi connectivity index (χ1) is 39.0. The maximum Gasteiger partial charge on any atom is 0.306 e.